The lowest BCUT2D eigenvalue weighted by atomic mass is 9.89. The van der Waals surface area contributed by atoms with E-state index in [0.717, 1.165) is 50.4 Å². The molecular weight excluding hydrogens is 460 g/mol. The van der Waals surface area contributed by atoms with Gasteiger partial charge in [0, 0.05) is 25.2 Å². The fraction of sp³-hybridized carbons (Fsp3) is 0.500. The maximum atomic E-state index is 14.9. The summed E-state index contributed by atoms with van der Waals surface area (Å²) in [5.41, 5.74) is 0.318. The van der Waals surface area contributed by atoms with Crippen LogP contribution in [0.1, 0.15) is 37.8 Å². The maximum Gasteiger partial charge on any atom is 0.213 e. The fourth-order valence-corrected chi connectivity index (χ4v) is 5.82. The summed E-state index contributed by atoms with van der Waals surface area (Å²) in [5, 5.41) is 12.5. The summed E-state index contributed by atoms with van der Waals surface area (Å²) in [7, 11) is -2.12. The molecule has 1 aliphatic rings. The van der Waals surface area contributed by atoms with Gasteiger partial charge in [0.15, 0.2) is 9.84 Å². The number of sulfone groups is 1. The molecule has 3 rings (SSSR count). The quantitative estimate of drug-likeness (QED) is 0.520. The Kier molecular flexibility index (Phi) is 8.43. The Hall–Kier alpha value is -1.81. The van der Waals surface area contributed by atoms with Crippen molar-refractivity contribution >= 4 is 27.1 Å². The highest BCUT2D eigenvalue weighted by atomic mass is 35.5. The van der Waals surface area contributed by atoms with E-state index >= 15 is 0 Å². The molecule has 1 heterocycles. The minimum Gasteiger partial charge on any atom is -0.396 e. The van der Waals surface area contributed by atoms with Crippen molar-refractivity contribution in [2.24, 2.45) is 0 Å². The Morgan fingerprint density at radius 3 is 2.72 bits per heavy atom. The van der Waals surface area contributed by atoms with Crippen LogP contribution in [0.3, 0.4) is 0 Å². The first kappa shape index (κ1) is 24.8. The number of halogens is 3. The second-order valence-corrected chi connectivity index (χ2v) is 10.5. The summed E-state index contributed by atoms with van der Waals surface area (Å²) < 4.78 is 53.6. The minimum atomic E-state index is -4.12. The van der Waals surface area contributed by atoms with Crippen molar-refractivity contribution in [3.63, 3.8) is 0 Å². The number of pyridine rings is 1. The maximum absolute atomic E-state index is 14.9. The average Bonchev–Trinajstić information content (AvgIpc) is 2.74. The Bertz CT molecular complexity index is 1040. The minimum absolute atomic E-state index is 0.0151. The summed E-state index contributed by atoms with van der Waals surface area (Å²) in [4.78, 5) is 5.18. The van der Waals surface area contributed by atoms with Gasteiger partial charge in [0.25, 0.3) is 0 Å². The summed E-state index contributed by atoms with van der Waals surface area (Å²) in [6.07, 6.45) is 4.61. The van der Waals surface area contributed by atoms with Crippen LogP contribution in [0.2, 0.25) is 5.02 Å². The molecule has 1 fully saturated rings. The lowest BCUT2D eigenvalue weighted by Crippen LogP contribution is -2.47. The van der Waals surface area contributed by atoms with Crippen LogP contribution in [0.4, 0.5) is 14.5 Å². The van der Waals surface area contributed by atoms with E-state index in [4.69, 9.17) is 16.7 Å². The molecule has 0 aliphatic heterocycles. The Labute approximate surface area is 192 Å². The van der Waals surface area contributed by atoms with Gasteiger partial charge in [0.2, 0.25) is 5.95 Å². The van der Waals surface area contributed by atoms with E-state index < -0.39 is 32.3 Å². The van der Waals surface area contributed by atoms with E-state index in [1.54, 1.807) is 0 Å². The van der Waals surface area contributed by atoms with Crippen LogP contribution in [-0.4, -0.2) is 55.7 Å². The number of hydrogen-bond donors (Lipinski definition) is 2. The smallest absolute Gasteiger partial charge is 0.213 e. The van der Waals surface area contributed by atoms with E-state index in [9.17, 15) is 17.2 Å². The zero-order valence-corrected chi connectivity index (χ0v) is 19.5. The standard InChI is InChI=1S/C22H28ClF2N3O3S/c1-28(10-5-11-29)20-8-3-2-7-18(20)27-19-13-17(24)21(12-16(19)23)32(30,31)14-15-6-4-9-22(25)26-15/h4,6,9,12-13,18,20,27,29H,2-3,5,7-8,10-11,14H2,1H3/t18-,20-/m0/s1. The van der Waals surface area contributed by atoms with Gasteiger partial charge < -0.3 is 15.3 Å². The Balaban J connectivity index is 1.80. The topological polar surface area (TPSA) is 82.5 Å². The molecule has 1 aromatic heterocycles. The number of anilines is 1. The molecule has 0 spiro atoms. The second-order valence-electron chi connectivity index (χ2n) is 8.13. The number of benzene rings is 1. The third-order valence-electron chi connectivity index (χ3n) is 5.77. The molecule has 2 aromatic rings. The van der Waals surface area contributed by atoms with Crippen molar-refractivity contribution in [1.82, 2.24) is 9.88 Å². The molecule has 1 aliphatic carbocycles. The molecule has 2 atom stereocenters. The molecule has 0 radical (unpaired) electrons. The van der Waals surface area contributed by atoms with Gasteiger partial charge in [0.05, 0.1) is 22.2 Å². The number of aliphatic hydroxyl groups is 1. The van der Waals surface area contributed by atoms with E-state index in [0.29, 0.717) is 12.1 Å². The van der Waals surface area contributed by atoms with Crippen LogP contribution in [0.15, 0.2) is 35.2 Å². The van der Waals surface area contributed by atoms with E-state index in [1.807, 2.05) is 7.05 Å². The van der Waals surface area contributed by atoms with Crippen molar-refractivity contribution in [1.29, 1.82) is 0 Å². The molecular formula is C22H28ClF2N3O3S. The highest BCUT2D eigenvalue weighted by Gasteiger charge is 2.29. The molecule has 0 unspecified atom stereocenters. The van der Waals surface area contributed by atoms with Crippen LogP contribution in [-0.2, 0) is 15.6 Å². The van der Waals surface area contributed by atoms with E-state index in [-0.39, 0.29) is 29.4 Å². The summed E-state index contributed by atoms with van der Waals surface area (Å²) in [6.45, 7) is 0.861. The fourth-order valence-electron chi connectivity index (χ4n) is 4.17. The zero-order chi connectivity index (χ0) is 23.3. The molecule has 0 bridgehead atoms. The molecule has 32 heavy (non-hydrogen) atoms. The van der Waals surface area contributed by atoms with Gasteiger partial charge in [-0.15, -0.1) is 0 Å². The highest BCUT2D eigenvalue weighted by Crippen LogP contribution is 2.33. The third kappa shape index (κ3) is 6.15. The van der Waals surface area contributed by atoms with Gasteiger partial charge in [-0.05, 0) is 50.6 Å². The van der Waals surface area contributed by atoms with Crippen LogP contribution in [0, 0.1) is 11.8 Å². The van der Waals surface area contributed by atoms with E-state index in [1.165, 1.54) is 12.1 Å². The van der Waals surface area contributed by atoms with Crippen molar-refractivity contribution in [3.05, 3.63) is 52.8 Å². The summed E-state index contributed by atoms with van der Waals surface area (Å²) in [5.74, 6) is -2.36. The molecule has 0 saturated heterocycles. The van der Waals surface area contributed by atoms with Crippen molar-refractivity contribution in [3.8, 4) is 0 Å². The Morgan fingerprint density at radius 1 is 1.25 bits per heavy atom. The molecule has 176 valence electrons. The molecule has 10 heteroatoms. The van der Waals surface area contributed by atoms with Crippen LogP contribution < -0.4 is 5.32 Å². The van der Waals surface area contributed by atoms with Crippen molar-refractivity contribution < 1.29 is 22.3 Å². The molecule has 1 aromatic carbocycles. The predicted octanol–water partition coefficient (Wildman–Crippen LogP) is 4.02. The second kappa shape index (κ2) is 10.9. The first-order valence-electron chi connectivity index (χ1n) is 10.6. The van der Waals surface area contributed by atoms with Gasteiger partial charge in [0.1, 0.15) is 10.7 Å². The first-order chi connectivity index (χ1) is 15.2. The van der Waals surface area contributed by atoms with Gasteiger partial charge in [-0.25, -0.2) is 17.8 Å². The number of hydrogen-bond acceptors (Lipinski definition) is 6. The van der Waals surface area contributed by atoms with Crippen LogP contribution in [0.25, 0.3) is 0 Å². The highest BCUT2D eigenvalue weighted by molar-refractivity contribution is 7.90. The van der Waals surface area contributed by atoms with Crippen molar-refractivity contribution in [2.75, 3.05) is 25.5 Å². The molecule has 6 nitrogen and oxygen atoms in total. The summed E-state index contributed by atoms with van der Waals surface area (Å²) >= 11 is 6.35. The SMILES string of the molecule is CN(CCCO)[C@H]1CCCC[C@@H]1Nc1cc(F)c(S(=O)(=O)Cc2cccc(F)n2)cc1Cl. The van der Waals surface area contributed by atoms with Gasteiger partial charge in [-0.1, -0.05) is 30.5 Å². The largest absolute Gasteiger partial charge is 0.396 e. The number of nitrogens with one attached hydrogen (secondary N) is 1. The summed E-state index contributed by atoms with van der Waals surface area (Å²) in [6, 6.07) is 6.23. The predicted molar refractivity (Wildman–Crippen MR) is 120 cm³/mol. The van der Waals surface area contributed by atoms with Crippen molar-refractivity contribution in [2.45, 2.75) is 54.8 Å². The normalized spacial score (nSPS) is 19.3. The number of aliphatic hydroxyl groups excluding tert-OH is 1. The van der Waals surface area contributed by atoms with Crippen LogP contribution >= 0.6 is 11.6 Å². The lowest BCUT2D eigenvalue weighted by Gasteiger charge is -2.39. The first-order valence-corrected chi connectivity index (χ1v) is 12.6. The molecule has 0 amide bonds. The number of nitrogens with zero attached hydrogens (tertiary/aromatic N) is 2. The van der Waals surface area contributed by atoms with Crippen LogP contribution in [0.5, 0.6) is 0 Å². The number of rotatable bonds is 9. The van der Waals surface area contributed by atoms with Gasteiger partial charge in [-0.2, -0.15) is 4.39 Å². The Morgan fingerprint density at radius 2 is 2.00 bits per heavy atom. The zero-order valence-electron chi connectivity index (χ0n) is 17.9. The lowest BCUT2D eigenvalue weighted by molar-refractivity contribution is 0.161. The van der Waals surface area contributed by atoms with Gasteiger partial charge >= 0.3 is 0 Å². The van der Waals surface area contributed by atoms with Gasteiger partial charge in [-0.3, -0.25) is 0 Å². The number of aromatic nitrogens is 1. The third-order valence-corrected chi connectivity index (χ3v) is 7.74. The monoisotopic (exact) mass is 487 g/mol. The number of likely N-dealkylation sites (N-methyl/N-ethyl adjacent to an activating group) is 1. The molecule has 2 N–H and O–H groups in total. The van der Waals surface area contributed by atoms with E-state index in [2.05, 4.69) is 15.2 Å². The average molecular weight is 488 g/mol. The molecule has 1 saturated carbocycles.